The van der Waals surface area contributed by atoms with Crippen LogP contribution < -0.4 is 5.32 Å². The van der Waals surface area contributed by atoms with Crippen molar-refractivity contribution >= 4 is 11.8 Å². The summed E-state index contributed by atoms with van der Waals surface area (Å²) in [6.07, 6.45) is 2.27. The molecule has 0 amide bonds. The first-order valence-corrected chi connectivity index (χ1v) is 7.37. The van der Waals surface area contributed by atoms with Crippen molar-refractivity contribution in [2.45, 2.75) is 64.1 Å². The van der Waals surface area contributed by atoms with E-state index in [0.29, 0.717) is 23.7 Å². The summed E-state index contributed by atoms with van der Waals surface area (Å²) < 4.78 is 5.19. The number of thioether (sulfide) groups is 1. The fourth-order valence-corrected chi connectivity index (χ4v) is 1.95. The van der Waals surface area contributed by atoms with Crippen molar-refractivity contribution in [1.82, 2.24) is 15.5 Å². The molecular formula is C12H23N3OS. The van der Waals surface area contributed by atoms with Gasteiger partial charge in [0.2, 0.25) is 5.89 Å². The highest BCUT2D eigenvalue weighted by Crippen LogP contribution is 2.17. The topological polar surface area (TPSA) is 51.0 Å². The van der Waals surface area contributed by atoms with Crippen molar-refractivity contribution in [3.8, 4) is 0 Å². The lowest BCUT2D eigenvalue weighted by Crippen LogP contribution is -2.24. The summed E-state index contributed by atoms with van der Waals surface area (Å²) in [5.74, 6) is 2.32. The van der Waals surface area contributed by atoms with Crippen LogP contribution in [-0.4, -0.2) is 21.4 Å². The van der Waals surface area contributed by atoms with E-state index in [1.165, 1.54) is 6.42 Å². The molecule has 1 aromatic heterocycles. The van der Waals surface area contributed by atoms with E-state index >= 15 is 0 Å². The lowest BCUT2D eigenvalue weighted by molar-refractivity contribution is 0.355. The molecule has 17 heavy (non-hydrogen) atoms. The summed E-state index contributed by atoms with van der Waals surface area (Å²) in [4.78, 5) is 4.36. The molecule has 2 unspecified atom stereocenters. The Kier molecular flexibility index (Phi) is 6.58. The smallest absolute Gasteiger partial charge is 0.240 e. The Labute approximate surface area is 108 Å². The predicted octanol–water partition coefficient (Wildman–Crippen LogP) is 2.99. The average molecular weight is 257 g/mol. The third kappa shape index (κ3) is 5.55. The van der Waals surface area contributed by atoms with Crippen LogP contribution >= 0.6 is 11.8 Å². The maximum Gasteiger partial charge on any atom is 0.240 e. The van der Waals surface area contributed by atoms with E-state index in [1.54, 1.807) is 0 Å². The molecule has 0 spiro atoms. The first-order chi connectivity index (χ1) is 8.15. The summed E-state index contributed by atoms with van der Waals surface area (Å²) in [6.45, 7) is 9.37. The Morgan fingerprint density at radius 1 is 1.29 bits per heavy atom. The van der Waals surface area contributed by atoms with E-state index in [-0.39, 0.29) is 0 Å². The van der Waals surface area contributed by atoms with Crippen LogP contribution in [0.15, 0.2) is 4.52 Å². The van der Waals surface area contributed by atoms with Gasteiger partial charge >= 0.3 is 0 Å². The summed E-state index contributed by atoms with van der Waals surface area (Å²) >= 11 is 1.87. The molecule has 0 aromatic carbocycles. The lowest BCUT2D eigenvalue weighted by atomic mass is 10.3. The van der Waals surface area contributed by atoms with Crippen molar-refractivity contribution in [2.75, 3.05) is 0 Å². The van der Waals surface area contributed by atoms with Gasteiger partial charge in [0.25, 0.3) is 0 Å². The Hall–Kier alpha value is -0.550. The zero-order chi connectivity index (χ0) is 12.7. The van der Waals surface area contributed by atoms with E-state index in [1.807, 2.05) is 11.8 Å². The van der Waals surface area contributed by atoms with Gasteiger partial charge in [-0.25, -0.2) is 0 Å². The second-order valence-electron chi connectivity index (χ2n) is 4.32. The van der Waals surface area contributed by atoms with E-state index < -0.39 is 0 Å². The van der Waals surface area contributed by atoms with E-state index in [9.17, 15) is 0 Å². The molecule has 2 atom stereocenters. The normalized spacial score (nSPS) is 14.8. The molecule has 1 aromatic rings. The van der Waals surface area contributed by atoms with Gasteiger partial charge in [-0.3, -0.25) is 0 Å². The van der Waals surface area contributed by atoms with Crippen molar-refractivity contribution in [3.63, 3.8) is 0 Å². The van der Waals surface area contributed by atoms with Crippen molar-refractivity contribution < 1.29 is 4.52 Å². The van der Waals surface area contributed by atoms with Gasteiger partial charge in [-0.2, -0.15) is 16.7 Å². The van der Waals surface area contributed by atoms with Crippen molar-refractivity contribution in [1.29, 1.82) is 0 Å². The first kappa shape index (κ1) is 14.5. The van der Waals surface area contributed by atoms with Crippen LogP contribution in [0.25, 0.3) is 0 Å². The molecule has 4 nitrogen and oxygen atoms in total. The third-order valence-corrected chi connectivity index (χ3v) is 4.12. The standard InChI is InChI=1S/C12H23N3OS/c1-5-9(3)13-7-12-14-11(15-16-12)8-17-10(4)6-2/h9-10,13H,5-8H2,1-4H3. The minimum absolute atomic E-state index is 0.486. The maximum atomic E-state index is 5.19. The van der Waals surface area contributed by atoms with Crippen LogP contribution in [-0.2, 0) is 12.3 Å². The Bertz CT molecular complexity index is 288. The number of aromatic nitrogens is 2. The summed E-state index contributed by atoms with van der Waals surface area (Å²) in [6, 6.07) is 0.486. The number of nitrogens with one attached hydrogen (secondary N) is 1. The van der Waals surface area contributed by atoms with Gasteiger partial charge in [0.05, 0.1) is 12.3 Å². The zero-order valence-electron chi connectivity index (χ0n) is 11.2. The largest absolute Gasteiger partial charge is 0.338 e. The molecule has 0 bridgehead atoms. The van der Waals surface area contributed by atoms with Crippen molar-refractivity contribution in [3.05, 3.63) is 11.7 Å². The van der Waals surface area contributed by atoms with Crippen LogP contribution in [0.1, 0.15) is 52.3 Å². The molecule has 0 saturated heterocycles. The second-order valence-corrected chi connectivity index (χ2v) is 5.75. The van der Waals surface area contributed by atoms with Gasteiger partial charge in [0.1, 0.15) is 0 Å². The Morgan fingerprint density at radius 3 is 2.71 bits per heavy atom. The average Bonchev–Trinajstić information content (AvgIpc) is 2.80. The third-order valence-electron chi connectivity index (χ3n) is 2.80. The van der Waals surface area contributed by atoms with Crippen LogP contribution in [0.4, 0.5) is 0 Å². The molecule has 0 aliphatic heterocycles. The SMILES string of the molecule is CCC(C)NCc1nc(CSC(C)CC)no1. The highest BCUT2D eigenvalue weighted by atomic mass is 32.2. The minimum Gasteiger partial charge on any atom is -0.338 e. The number of rotatable bonds is 8. The molecule has 1 N–H and O–H groups in total. The van der Waals surface area contributed by atoms with E-state index in [4.69, 9.17) is 4.52 Å². The second kappa shape index (κ2) is 7.71. The van der Waals surface area contributed by atoms with Crippen LogP contribution in [0.2, 0.25) is 0 Å². The zero-order valence-corrected chi connectivity index (χ0v) is 12.0. The molecule has 1 rings (SSSR count). The van der Waals surface area contributed by atoms with Gasteiger partial charge in [-0.15, -0.1) is 0 Å². The van der Waals surface area contributed by atoms with Crippen LogP contribution in [0.3, 0.4) is 0 Å². The molecule has 98 valence electrons. The van der Waals surface area contributed by atoms with Gasteiger partial charge in [-0.1, -0.05) is 25.9 Å². The summed E-state index contributed by atoms with van der Waals surface area (Å²) in [5, 5.41) is 7.96. The van der Waals surface area contributed by atoms with Gasteiger partial charge in [0.15, 0.2) is 5.82 Å². The molecule has 5 heteroatoms. The van der Waals surface area contributed by atoms with Gasteiger partial charge < -0.3 is 9.84 Å². The molecule has 0 radical (unpaired) electrons. The molecule has 1 heterocycles. The van der Waals surface area contributed by atoms with Crippen LogP contribution in [0, 0.1) is 0 Å². The fraction of sp³-hybridized carbons (Fsp3) is 0.833. The quantitative estimate of drug-likeness (QED) is 0.776. The number of hydrogen-bond acceptors (Lipinski definition) is 5. The van der Waals surface area contributed by atoms with E-state index in [2.05, 4.69) is 43.2 Å². The fourth-order valence-electron chi connectivity index (χ4n) is 1.16. The maximum absolute atomic E-state index is 5.19. The first-order valence-electron chi connectivity index (χ1n) is 6.32. The minimum atomic E-state index is 0.486. The number of hydrogen-bond donors (Lipinski definition) is 1. The van der Waals surface area contributed by atoms with Crippen LogP contribution in [0.5, 0.6) is 0 Å². The van der Waals surface area contributed by atoms with E-state index in [0.717, 1.165) is 18.0 Å². The summed E-state index contributed by atoms with van der Waals surface area (Å²) in [5.41, 5.74) is 0. The molecule has 0 saturated carbocycles. The molecule has 0 fully saturated rings. The highest BCUT2D eigenvalue weighted by Gasteiger charge is 2.08. The van der Waals surface area contributed by atoms with Gasteiger partial charge in [0, 0.05) is 11.3 Å². The van der Waals surface area contributed by atoms with Gasteiger partial charge in [-0.05, 0) is 19.8 Å². The number of nitrogens with zero attached hydrogens (tertiary/aromatic N) is 2. The predicted molar refractivity (Wildman–Crippen MR) is 71.9 cm³/mol. The Balaban J connectivity index is 2.32. The molecule has 0 aliphatic carbocycles. The lowest BCUT2D eigenvalue weighted by Gasteiger charge is -2.07. The van der Waals surface area contributed by atoms with Crippen molar-refractivity contribution in [2.24, 2.45) is 0 Å². The molecular weight excluding hydrogens is 234 g/mol. The summed E-state index contributed by atoms with van der Waals surface area (Å²) in [7, 11) is 0. The monoisotopic (exact) mass is 257 g/mol. The molecule has 0 aliphatic rings. The Morgan fingerprint density at radius 2 is 2.06 bits per heavy atom. The highest BCUT2D eigenvalue weighted by molar-refractivity contribution is 7.99.